The Labute approximate surface area is 289 Å². The minimum Gasteiger partial charge on any atom is -0.481 e. The topological polar surface area (TPSA) is 124 Å². The summed E-state index contributed by atoms with van der Waals surface area (Å²) in [7, 11) is -2.38. The molecular weight excluding hydrogens is 626 g/mol. The lowest BCUT2D eigenvalue weighted by Crippen LogP contribution is -2.43. The number of piperidine rings is 1. The first-order valence-corrected chi connectivity index (χ1v) is 19.6. The fourth-order valence-corrected chi connectivity index (χ4v) is 7.30. The van der Waals surface area contributed by atoms with E-state index in [0.29, 0.717) is 24.6 Å². The molecule has 2 aromatic rings. The second-order valence-corrected chi connectivity index (χ2v) is 14.6. The summed E-state index contributed by atoms with van der Waals surface area (Å²) < 4.78 is 38.2. The lowest BCUT2D eigenvalue weighted by molar-refractivity contribution is -0.137. The summed E-state index contributed by atoms with van der Waals surface area (Å²) in [5.74, 6) is 0.235. The van der Waals surface area contributed by atoms with Crippen LogP contribution >= 0.6 is 0 Å². The molecule has 0 spiro atoms. The molecule has 268 valence electrons. The van der Waals surface area contributed by atoms with Crippen molar-refractivity contribution >= 4 is 16.4 Å². The van der Waals surface area contributed by atoms with Crippen LogP contribution in [0.3, 0.4) is 0 Å². The number of allylic oxidation sites excluding steroid dienone is 2. The molecule has 3 unspecified atom stereocenters. The van der Waals surface area contributed by atoms with Gasteiger partial charge in [0.25, 0.3) is 0 Å². The van der Waals surface area contributed by atoms with Crippen LogP contribution in [0.25, 0.3) is 0 Å². The van der Waals surface area contributed by atoms with E-state index < -0.39 is 16.4 Å². The monoisotopic (exact) mass is 685 g/mol. The first kappa shape index (κ1) is 39.9. The largest absolute Gasteiger partial charge is 0.481 e. The molecular formula is C39H59NO7S. The van der Waals surface area contributed by atoms with Gasteiger partial charge in [-0.05, 0) is 75.5 Å². The zero-order valence-electron chi connectivity index (χ0n) is 28.9. The highest BCUT2D eigenvalue weighted by atomic mass is 32.3. The molecule has 2 heterocycles. The van der Waals surface area contributed by atoms with Crippen LogP contribution in [-0.2, 0) is 19.9 Å². The van der Waals surface area contributed by atoms with Crippen LogP contribution in [0.1, 0.15) is 133 Å². The lowest BCUT2D eigenvalue weighted by Gasteiger charge is -2.38. The number of ether oxygens (including phenoxy) is 1. The van der Waals surface area contributed by atoms with E-state index in [2.05, 4.69) is 84.8 Å². The molecule has 0 radical (unpaired) electrons. The highest BCUT2D eigenvalue weighted by molar-refractivity contribution is 7.79. The Hall–Kier alpha value is -2.56. The minimum atomic E-state index is -4.67. The Bertz CT molecular complexity index is 1230. The van der Waals surface area contributed by atoms with Crippen LogP contribution in [0.15, 0.2) is 72.8 Å². The molecule has 2 fully saturated rings. The Kier molecular flexibility index (Phi) is 18.5. The van der Waals surface area contributed by atoms with Crippen molar-refractivity contribution in [3.8, 4) is 0 Å². The van der Waals surface area contributed by atoms with Crippen LogP contribution < -0.4 is 0 Å². The average Bonchev–Trinajstić information content (AvgIpc) is 3.64. The zero-order chi connectivity index (χ0) is 34.6. The third-order valence-electron chi connectivity index (χ3n) is 9.92. The molecule has 0 aromatic heterocycles. The molecule has 0 saturated carbocycles. The van der Waals surface area contributed by atoms with Crippen molar-refractivity contribution in [3.63, 3.8) is 0 Å². The molecule has 8 nitrogen and oxygen atoms in total. The molecule has 5 rings (SSSR count). The summed E-state index contributed by atoms with van der Waals surface area (Å²) in [4.78, 5) is 12.9. The van der Waals surface area contributed by atoms with Crippen molar-refractivity contribution in [2.75, 3.05) is 7.05 Å². The van der Waals surface area contributed by atoms with Crippen LogP contribution in [0.2, 0.25) is 0 Å². The summed E-state index contributed by atoms with van der Waals surface area (Å²) in [5, 5.41) is 8.52. The number of hydrogen-bond donors (Lipinski definition) is 3. The first-order valence-electron chi connectivity index (χ1n) is 18.2. The van der Waals surface area contributed by atoms with E-state index >= 15 is 0 Å². The highest BCUT2D eigenvalue weighted by Crippen LogP contribution is 2.38. The standard InChI is InChI=1S/C21H25NO.C18H32O2.H2O4S/c1-22-18-12-13-19(22)15-20(14-18)23-21(16-8-4-2-5-9-16)17-10-6-3-7-11-17;19-18(20)16-10-8-6-4-2-1-3-5-7-9-13-17-14-11-12-15-17;1-5(2,3)4/h2-11,18-21H,12-15H2,1H3;11,14,17H,1-10,12-13,15-16H2,(H,19,20);(H2,1,2,3,4). The number of hydrogen-bond acceptors (Lipinski definition) is 5. The maximum atomic E-state index is 10.3. The van der Waals surface area contributed by atoms with Crippen LogP contribution in [0.4, 0.5) is 0 Å². The number of aliphatic carboxylic acids is 1. The van der Waals surface area contributed by atoms with Gasteiger partial charge in [0.05, 0.1) is 6.10 Å². The van der Waals surface area contributed by atoms with Crippen molar-refractivity contribution in [2.45, 2.75) is 140 Å². The molecule has 0 amide bonds. The van der Waals surface area contributed by atoms with Crippen molar-refractivity contribution < 1.29 is 32.2 Å². The fraction of sp³-hybridized carbons (Fsp3) is 0.615. The number of carbonyl (C=O) groups is 1. The van der Waals surface area contributed by atoms with Gasteiger partial charge in [0.2, 0.25) is 0 Å². The second-order valence-electron chi connectivity index (χ2n) is 13.7. The third kappa shape index (κ3) is 16.7. The quantitative estimate of drug-likeness (QED) is 0.0855. The normalized spacial score (nSPS) is 21.8. The second kappa shape index (κ2) is 22.2. The van der Waals surface area contributed by atoms with Gasteiger partial charge in [0, 0.05) is 18.5 Å². The van der Waals surface area contributed by atoms with Crippen LogP contribution in [0, 0.1) is 5.92 Å². The molecule has 48 heavy (non-hydrogen) atoms. The molecule has 3 N–H and O–H groups in total. The number of carboxylic acids is 1. The van der Waals surface area contributed by atoms with Crippen LogP contribution in [-0.4, -0.2) is 58.7 Å². The molecule has 2 aromatic carbocycles. The van der Waals surface area contributed by atoms with E-state index in [-0.39, 0.29) is 6.10 Å². The van der Waals surface area contributed by atoms with Gasteiger partial charge in [-0.1, -0.05) is 131 Å². The Morgan fingerprint density at radius 1 is 0.771 bits per heavy atom. The maximum absolute atomic E-state index is 10.3. The fourth-order valence-electron chi connectivity index (χ4n) is 7.30. The molecule has 9 heteroatoms. The van der Waals surface area contributed by atoms with Crippen molar-refractivity contribution in [1.29, 1.82) is 0 Å². The van der Waals surface area contributed by atoms with E-state index in [1.165, 1.54) is 107 Å². The van der Waals surface area contributed by atoms with Gasteiger partial charge in [0.15, 0.2) is 0 Å². The van der Waals surface area contributed by atoms with E-state index in [1.807, 2.05) is 0 Å². The molecule has 1 aliphatic carbocycles. The minimum absolute atomic E-state index is 0.0465. The third-order valence-corrected chi connectivity index (χ3v) is 9.92. The number of fused-ring (bicyclic) bond motifs is 2. The average molecular weight is 686 g/mol. The van der Waals surface area contributed by atoms with E-state index in [9.17, 15) is 4.79 Å². The Morgan fingerprint density at radius 2 is 1.23 bits per heavy atom. The van der Waals surface area contributed by atoms with Gasteiger partial charge < -0.3 is 14.7 Å². The smallest absolute Gasteiger partial charge is 0.394 e. The number of unbranched alkanes of at least 4 members (excludes halogenated alkanes) is 9. The van der Waals surface area contributed by atoms with Gasteiger partial charge in [-0.25, -0.2) is 0 Å². The predicted octanol–water partition coefficient (Wildman–Crippen LogP) is 9.48. The van der Waals surface area contributed by atoms with Gasteiger partial charge in [0.1, 0.15) is 6.10 Å². The predicted molar refractivity (Wildman–Crippen MR) is 192 cm³/mol. The summed E-state index contributed by atoms with van der Waals surface area (Å²) in [6.45, 7) is 0. The van der Waals surface area contributed by atoms with E-state index in [4.69, 9.17) is 27.4 Å². The molecule has 2 saturated heterocycles. The summed E-state index contributed by atoms with van der Waals surface area (Å²) in [6, 6.07) is 22.7. The molecule has 3 atom stereocenters. The molecule has 2 aliphatic heterocycles. The van der Waals surface area contributed by atoms with Crippen molar-refractivity contribution in [1.82, 2.24) is 4.90 Å². The van der Waals surface area contributed by atoms with Gasteiger partial charge in [-0.2, -0.15) is 8.42 Å². The zero-order valence-corrected chi connectivity index (χ0v) is 29.7. The van der Waals surface area contributed by atoms with Gasteiger partial charge in [-0.15, -0.1) is 0 Å². The summed E-state index contributed by atoms with van der Waals surface area (Å²) >= 11 is 0. The molecule has 2 bridgehead atoms. The number of nitrogens with zero attached hydrogens (tertiary/aromatic N) is 1. The first-order chi connectivity index (χ1) is 23.1. The van der Waals surface area contributed by atoms with Crippen molar-refractivity contribution in [3.05, 3.63) is 83.9 Å². The van der Waals surface area contributed by atoms with Gasteiger partial charge >= 0.3 is 16.4 Å². The summed E-state index contributed by atoms with van der Waals surface area (Å²) in [6.07, 6.45) is 27.3. The SMILES string of the molecule is CN1C2CCC1CC(OC(c1ccccc1)c1ccccc1)C2.O=C(O)CCCCCCCCCCCCC1C=CCC1.O=S(=O)(O)O. The number of carboxylic acid groups (broad SMARTS) is 1. The molecule has 3 aliphatic rings. The van der Waals surface area contributed by atoms with Gasteiger partial charge in [-0.3, -0.25) is 13.9 Å². The number of rotatable bonds is 17. The summed E-state index contributed by atoms with van der Waals surface area (Å²) in [5.41, 5.74) is 2.51. The van der Waals surface area contributed by atoms with E-state index in [1.54, 1.807) is 0 Å². The number of benzene rings is 2. The Balaban J connectivity index is 0.000000231. The van der Waals surface area contributed by atoms with Crippen molar-refractivity contribution in [2.24, 2.45) is 5.92 Å². The highest BCUT2D eigenvalue weighted by Gasteiger charge is 2.39. The lowest BCUT2D eigenvalue weighted by atomic mass is 9.97. The maximum Gasteiger partial charge on any atom is 0.394 e. The Morgan fingerprint density at radius 3 is 1.67 bits per heavy atom. The van der Waals surface area contributed by atoms with Crippen LogP contribution in [0.5, 0.6) is 0 Å². The van der Waals surface area contributed by atoms with E-state index in [0.717, 1.165) is 18.8 Å².